The lowest BCUT2D eigenvalue weighted by Crippen LogP contribution is -2.61. The molecule has 37 heavy (non-hydrogen) atoms. The van der Waals surface area contributed by atoms with E-state index in [1.54, 1.807) is 18.9 Å². The Morgan fingerprint density at radius 1 is 1.38 bits per heavy atom. The fraction of sp³-hybridized carbons (Fsp3) is 0.630. The first-order chi connectivity index (χ1) is 17.5. The second-order valence-electron chi connectivity index (χ2n) is 10.2. The standard InChI is InChI=1S/C27H37BrClNO6S/c1-17(2)8-9-21-26(3,36-21)24-23(34-4)20(35-25(32)30-22(31)15-29)10-12-27(24,33)16-37-13-11-18-6-5-7-19(28)14-18/h5-8,14,20-21,23-24,33H,9-13,15-16H2,1-4H3,(H,30,31,32). The summed E-state index contributed by atoms with van der Waals surface area (Å²) in [5, 5.41) is 14.2. The van der Waals surface area contributed by atoms with E-state index in [9.17, 15) is 14.7 Å². The van der Waals surface area contributed by atoms with E-state index in [1.165, 1.54) is 11.1 Å². The Labute approximate surface area is 237 Å². The van der Waals surface area contributed by atoms with Gasteiger partial charge < -0.3 is 19.3 Å². The van der Waals surface area contributed by atoms with Crippen LogP contribution in [0.5, 0.6) is 0 Å². The molecule has 0 aromatic heterocycles. The highest BCUT2D eigenvalue weighted by Crippen LogP contribution is 2.55. The second kappa shape index (κ2) is 13.3. The first kappa shape index (κ1) is 30.4. The molecule has 0 radical (unpaired) electrons. The van der Waals surface area contributed by atoms with Gasteiger partial charge in [-0.1, -0.05) is 39.7 Å². The van der Waals surface area contributed by atoms with Crippen LogP contribution in [0.2, 0.25) is 0 Å². The van der Waals surface area contributed by atoms with E-state index in [4.69, 9.17) is 25.8 Å². The van der Waals surface area contributed by atoms with E-state index in [-0.39, 0.29) is 12.0 Å². The van der Waals surface area contributed by atoms with E-state index < -0.39 is 41.3 Å². The van der Waals surface area contributed by atoms with Crippen molar-refractivity contribution < 1.29 is 28.9 Å². The van der Waals surface area contributed by atoms with Gasteiger partial charge in [-0.2, -0.15) is 11.8 Å². The lowest BCUT2D eigenvalue weighted by molar-refractivity contribution is -0.170. The van der Waals surface area contributed by atoms with Crippen molar-refractivity contribution in [2.45, 2.75) is 76.0 Å². The molecular formula is C27H37BrClNO6S. The molecule has 2 N–H and O–H groups in total. The van der Waals surface area contributed by atoms with Crippen molar-refractivity contribution in [1.29, 1.82) is 0 Å². The minimum atomic E-state index is -1.08. The molecule has 1 aliphatic heterocycles. The van der Waals surface area contributed by atoms with Crippen molar-refractivity contribution in [3.8, 4) is 0 Å². The Bertz CT molecular complexity index is 991. The molecule has 1 saturated carbocycles. The molecule has 0 spiro atoms. The first-order valence-corrected chi connectivity index (χ1v) is 15.0. The zero-order chi connectivity index (χ0) is 27.2. The minimum Gasteiger partial charge on any atom is -0.443 e. The predicted octanol–water partition coefficient (Wildman–Crippen LogP) is 5.25. The van der Waals surface area contributed by atoms with Gasteiger partial charge in [0.05, 0.1) is 11.7 Å². The fourth-order valence-corrected chi connectivity index (χ4v) is 7.00. The topological polar surface area (TPSA) is 97.4 Å². The summed E-state index contributed by atoms with van der Waals surface area (Å²) in [5.41, 5.74) is 0.704. The van der Waals surface area contributed by atoms with E-state index in [0.29, 0.717) is 18.6 Å². The number of nitrogens with one attached hydrogen (secondary N) is 1. The number of aliphatic hydroxyl groups is 1. The monoisotopic (exact) mass is 617 g/mol. The quantitative estimate of drug-likeness (QED) is 0.151. The number of rotatable bonds is 11. The maximum Gasteiger partial charge on any atom is 0.414 e. The molecule has 7 nitrogen and oxygen atoms in total. The molecule has 10 heteroatoms. The number of allylic oxidation sites excluding steroid dienone is 1. The van der Waals surface area contributed by atoms with Gasteiger partial charge in [0.15, 0.2) is 0 Å². The van der Waals surface area contributed by atoms with Gasteiger partial charge in [0.1, 0.15) is 23.7 Å². The maximum atomic E-state index is 12.3. The zero-order valence-corrected chi connectivity index (χ0v) is 25.0. The van der Waals surface area contributed by atoms with Gasteiger partial charge in [-0.15, -0.1) is 11.6 Å². The molecule has 0 bridgehead atoms. The van der Waals surface area contributed by atoms with Gasteiger partial charge in [-0.25, -0.2) is 4.79 Å². The van der Waals surface area contributed by atoms with Crippen LogP contribution < -0.4 is 5.32 Å². The van der Waals surface area contributed by atoms with E-state index >= 15 is 0 Å². The van der Waals surface area contributed by atoms with E-state index in [2.05, 4.69) is 39.5 Å². The van der Waals surface area contributed by atoms with Gasteiger partial charge in [-0.3, -0.25) is 10.1 Å². The summed E-state index contributed by atoms with van der Waals surface area (Å²) in [7, 11) is 1.55. The number of aryl methyl sites for hydroxylation is 1. The molecule has 206 valence electrons. The van der Waals surface area contributed by atoms with Crippen LogP contribution >= 0.6 is 39.3 Å². The van der Waals surface area contributed by atoms with Gasteiger partial charge in [0.25, 0.3) is 0 Å². The number of hydrogen-bond donors (Lipinski definition) is 2. The lowest BCUT2D eigenvalue weighted by Gasteiger charge is -2.49. The first-order valence-electron chi connectivity index (χ1n) is 12.5. The molecule has 1 aliphatic carbocycles. The number of amides is 2. The number of hydrogen-bond acceptors (Lipinski definition) is 7. The van der Waals surface area contributed by atoms with Crippen molar-refractivity contribution in [2.24, 2.45) is 5.92 Å². The molecule has 2 fully saturated rings. The van der Waals surface area contributed by atoms with Crippen LogP contribution in [-0.4, -0.2) is 71.1 Å². The summed E-state index contributed by atoms with van der Waals surface area (Å²) in [4.78, 5) is 23.9. The Morgan fingerprint density at radius 2 is 2.14 bits per heavy atom. The van der Waals surface area contributed by atoms with Crippen LogP contribution in [-0.2, 0) is 25.4 Å². The molecule has 2 aliphatic rings. The summed E-state index contributed by atoms with van der Waals surface area (Å²) in [5.74, 6) is -0.0565. The number of benzene rings is 1. The molecule has 1 saturated heterocycles. The number of alkyl halides is 1. The molecule has 1 heterocycles. The summed E-state index contributed by atoms with van der Waals surface area (Å²) in [6, 6.07) is 8.23. The zero-order valence-electron chi connectivity index (χ0n) is 21.8. The molecule has 6 unspecified atom stereocenters. The Hall–Kier alpha value is -1.10. The average molecular weight is 619 g/mol. The van der Waals surface area contributed by atoms with Crippen LogP contribution in [0.15, 0.2) is 40.4 Å². The molecule has 6 atom stereocenters. The van der Waals surface area contributed by atoms with Gasteiger partial charge in [-0.05, 0) is 69.9 Å². The normalized spacial score (nSPS) is 30.9. The predicted molar refractivity (Wildman–Crippen MR) is 150 cm³/mol. The third-order valence-electron chi connectivity index (χ3n) is 7.14. The van der Waals surface area contributed by atoms with Crippen molar-refractivity contribution >= 4 is 51.3 Å². The van der Waals surface area contributed by atoms with Gasteiger partial charge >= 0.3 is 6.09 Å². The van der Waals surface area contributed by atoms with Crippen molar-refractivity contribution in [1.82, 2.24) is 5.32 Å². The number of halogens is 2. The largest absolute Gasteiger partial charge is 0.443 e. The number of methoxy groups -OCH3 is 1. The minimum absolute atomic E-state index is 0.0753. The number of carbonyl (C=O) groups is 2. The summed E-state index contributed by atoms with van der Waals surface area (Å²) >= 11 is 10.7. The van der Waals surface area contributed by atoms with E-state index in [1.807, 2.05) is 32.9 Å². The number of ether oxygens (including phenoxy) is 3. The van der Waals surface area contributed by atoms with Gasteiger partial charge in [0, 0.05) is 23.3 Å². The number of alkyl carbamates (subject to hydrolysis) is 1. The number of carbonyl (C=O) groups excluding carboxylic acids is 2. The molecule has 1 aromatic carbocycles. The molecular weight excluding hydrogens is 582 g/mol. The summed E-state index contributed by atoms with van der Waals surface area (Å²) < 4.78 is 18.8. The highest BCUT2D eigenvalue weighted by molar-refractivity contribution is 9.10. The van der Waals surface area contributed by atoms with Crippen LogP contribution in [0.25, 0.3) is 0 Å². The number of epoxide rings is 1. The van der Waals surface area contributed by atoms with Crippen LogP contribution in [0.3, 0.4) is 0 Å². The van der Waals surface area contributed by atoms with Crippen LogP contribution in [0, 0.1) is 5.92 Å². The Kier molecular flexibility index (Phi) is 10.9. The number of thioether (sulfide) groups is 1. The second-order valence-corrected chi connectivity index (χ2v) is 12.5. The molecule has 2 amide bonds. The van der Waals surface area contributed by atoms with Crippen molar-refractivity contribution in [3.05, 3.63) is 46.0 Å². The van der Waals surface area contributed by atoms with Crippen LogP contribution in [0.1, 0.15) is 45.6 Å². The van der Waals surface area contributed by atoms with E-state index in [0.717, 1.165) is 23.1 Å². The highest BCUT2D eigenvalue weighted by Gasteiger charge is 2.67. The SMILES string of the molecule is COC1C(OC(=O)NC(=O)CCl)CCC(O)(CSCCc2cccc(Br)c2)C1C1(C)OC1CC=C(C)C. The average Bonchev–Trinajstić information content (AvgIpc) is 3.51. The van der Waals surface area contributed by atoms with Crippen molar-refractivity contribution in [2.75, 3.05) is 24.5 Å². The van der Waals surface area contributed by atoms with Crippen LogP contribution in [0.4, 0.5) is 4.79 Å². The highest BCUT2D eigenvalue weighted by atomic mass is 79.9. The smallest absolute Gasteiger partial charge is 0.414 e. The van der Waals surface area contributed by atoms with Gasteiger partial charge in [0.2, 0.25) is 5.91 Å². The summed E-state index contributed by atoms with van der Waals surface area (Å²) in [6.07, 6.45) is 2.36. The Balaban J connectivity index is 1.75. The Morgan fingerprint density at radius 3 is 2.78 bits per heavy atom. The molecule has 1 aromatic rings. The maximum absolute atomic E-state index is 12.3. The summed E-state index contributed by atoms with van der Waals surface area (Å²) in [6.45, 7) is 6.09. The number of imide groups is 1. The third kappa shape index (κ3) is 7.96. The third-order valence-corrected chi connectivity index (χ3v) is 9.07. The fourth-order valence-electron chi connectivity index (χ4n) is 5.28. The van der Waals surface area contributed by atoms with Crippen molar-refractivity contribution in [3.63, 3.8) is 0 Å². The lowest BCUT2D eigenvalue weighted by atomic mass is 9.66. The molecule has 3 rings (SSSR count).